The van der Waals surface area contributed by atoms with Gasteiger partial charge in [0.05, 0.1) is 23.3 Å². The summed E-state index contributed by atoms with van der Waals surface area (Å²) in [5.74, 6) is -0.240. The molecule has 0 saturated heterocycles. The summed E-state index contributed by atoms with van der Waals surface area (Å²) in [5, 5.41) is 13.4. The van der Waals surface area contributed by atoms with Gasteiger partial charge in [0.25, 0.3) is 5.91 Å². The van der Waals surface area contributed by atoms with E-state index in [0.717, 1.165) is 41.2 Å². The van der Waals surface area contributed by atoms with Gasteiger partial charge in [-0.1, -0.05) is 6.07 Å². The van der Waals surface area contributed by atoms with Crippen molar-refractivity contribution in [2.24, 2.45) is 0 Å². The third kappa shape index (κ3) is 4.50. The van der Waals surface area contributed by atoms with Crippen LogP contribution in [0.4, 0.5) is 13.2 Å². The van der Waals surface area contributed by atoms with E-state index >= 15 is 0 Å². The van der Waals surface area contributed by atoms with Crippen molar-refractivity contribution < 1.29 is 23.1 Å². The molecule has 34 heavy (non-hydrogen) atoms. The van der Waals surface area contributed by atoms with Gasteiger partial charge in [0, 0.05) is 40.7 Å². The minimum absolute atomic E-state index is 0.240. The van der Waals surface area contributed by atoms with Gasteiger partial charge in [-0.3, -0.25) is 14.3 Å². The van der Waals surface area contributed by atoms with Crippen LogP contribution in [0.1, 0.15) is 21.6 Å². The highest BCUT2D eigenvalue weighted by Gasteiger charge is 2.30. The lowest BCUT2D eigenvalue weighted by Gasteiger charge is -2.10. The van der Waals surface area contributed by atoms with Crippen molar-refractivity contribution in [1.29, 1.82) is 0 Å². The summed E-state index contributed by atoms with van der Waals surface area (Å²) in [6.45, 7) is 0.305. The van der Waals surface area contributed by atoms with Crippen molar-refractivity contribution in [2.45, 2.75) is 12.7 Å². The number of aliphatic hydroxyl groups is 1. The van der Waals surface area contributed by atoms with Gasteiger partial charge in [-0.05, 0) is 66.1 Å². The molecule has 174 valence electrons. The van der Waals surface area contributed by atoms with Crippen molar-refractivity contribution in [3.05, 3.63) is 89.1 Å². The Bertz CT molecular complexity index is 1430. The number of alkyl halides is 3. The first-order valence-corrected chi connectivity index (χ1v) is 10.9. The Kier molecular flexibility index (Phi) is 6.62. The van der Waals surface area contributed by atoms with E-state index < -0.39 is 11.7 Å². The fourth-order valence-corrected chi connectivity index (χ4v) is 4.28. The number of nitrogens with zero attached hydrogens (tertiary/aromatic N) is 3. The predicted molar refractivity (Wildman–Crippen MR) is 125 cm³/mol. The quantitative estimate of drug-likeness (QED) is 0.368. The highest BCUT2D eigenvalue weighted by Crippen LogP contribution is 2.35. The lowest BCUT2D eigenvalue weighted by atomic mass is 10.1. The van der Waals surface area contributed by atoms with Gasteiger partial charge in [-0.25, -0.2) is 0 Å². The molecule has 5 aromatic rings. The number of pyridine rings is 1. The van der Waals surface area contributed by atoms with Crippen LogP contribution in [0, 0.1) is 0 Å². The molecule has 0 aliphatic heterocycles. The monoisotopic (exact) mass is 484 g/mol. The number of hydrogen-bond acceptors (Lipinski definition) is 5. The highest BCUT2D eigenvalue weighted by molar-refractivity contribution is 7.05. The summed E-state index contributed by atoms with van der Waals surface area (Å²) >= 11 is 1.25. The molecule has 0 atom stereocenters. The number of rotatable bonds is 4. The molecule has 1 amide bonds. The summed E-state index contributed by atoms with van der Waals surface area (Å²) in [6.07, 6.45) is -2.73. The molecule has 3 heterocycles. The first-order valence-electron chi connectivity index (χ1n) is 10.1. The maximum atomic E-state index is 13.0. The molecule has 6 nitrogen and oxygen atoms in total. The molecule has 10 heteroatoms. The lowest BCUT2D eigenvalue weighted by molar-refractivity contribution is -0.137. The number of carbonyl (C=O) groups is 1. The largest absolute Gasteiger partial charge is 0.416 e. The Labute approximate surface area is 196 Å². The molecule has 0 fully saturated rings. The zero-order valence-corrected chi connectivity index (χ0v) is 18.7. The number of aromatic nitrogens is 3. The second kappa shape index (κ2) is 9.62. The molecule has 0 spiro atoms. The van der Waals surface area contributed by atoms with Crippen molar-refractivity contribution in [3.63, 3.8) is 0 Å². The van der Waals surface area contributed by atoms with Crippen LogP contribution in [0.25, 0.3) is 27.6 Å². The smallest absolute Gasteiger partial charge is 0.400 e. The molecule has 3 aromatic heterocycles. The first kappa shape index (κ1) is 23.4. The molecule has 0 unspecified atom stereocenters. The third-order valence-electron chi connectivity index (χ3n) is 5.16. The van der Waals surface area contributed by atoms with Crippen molar-refractivity contribution in [2.75, 3.05) is 7.11 Å². The van der Waals surface area contributed by atoms with Crippen LogP contribution in [0.3, 0.4) is 0 Å². The first-order chi connectivity index (χ1) is 16.4. The maximum Gasteiger partial charge on any atom is 0.416 e. The topological polar surface area (TPSA) is 80.0 Å². The van der Waals surface area contributed by atoms with Crippen LogP contribution in [0.2, 0.25) is 0 Å². The van der Waals surface area contributed by atoms with Crippen molar-refractivity contribution in [1.82, 2.24) is 19.2 Å². The Morgan fingerprint density at radius 1 is 1.06 bits per heavy atom. The van der Waals surface area contributed by atoms with Crippen LogP contribution in [0.5, 0.6) is 0 Å². The van der Waals surface area contributed by atoms with Gasteiger partial charge in [-0.15, -0.1) is 0 Å². The molecule has 0 radical (unpaired) electrons. The van der Waals surface area contributed by atoms with E-state index in [1.54, 1.807) is 35.0 Å². The standard InChI is InChI=1S/C23H15F3N4OS.CH4O/c24-23(25,26)15-5-7-17(8-6-15)30-20-9-4-14(11-18(20)19-13-32-29-21(19)30)22(31)28-12-16-3-1-2-10-27-16;1-2/h1-11,13H,12H2,(H,28,31);2H,1H3. The molecule has 5 rings (SSSR count). The van der Waals surface area contributed by atoms with Crippen LogP contribution in [0.15, 0.2) is 72.2 Å². The summed E-state index contributed by atoms with van der Waals surface area (Å²) in [5.41, 5.74) is 2.48. The molecule has 0 aliphatic carbocycles. The van der Waals surface area contributed by atoms with Gasteiger partial charge >= 0.3 is 6.18 Å². The number of nitrogens with one attached hydrogen (secondary N) is 1. The van der Waals surface area contributed by atoms with E-state index in [4.69, 9.17) is 5.11 Å². The van der Waals surface area contributed by atoms with Gasteiger partial charge in [0.1, 0.15) is 0 Å². The van der Waals surface area contributed by atoms with Crippen LogP contribution in [-0.2, 0) is 12.7 Å². The number of benzene rings is 2. The van der Waals surface area contributed by atoms with E-state index in [1.807, 2.05) is 17.5 Å². The lowest BCUT2D eigenvalue weighted by Crippen LogP contribution is -2.23. The van der Waals surface area contributed by atoms with Crippen molar-refractivity contribution >= 4 is 39.4 Å². The van der Waals surface area contributed by atoms with Crippen molar-refractivity contribution in [3.8, 4) is 5.69 Å². The van der Waals surface area contributed by atoms with E-state index in [1.165, 1.54) is 23.7 Å². The third-order valence-corrected chi connectivity index (χ3v) is 5.78. The molecule has 2 N–H and O–H groups in total. The number of halogens is 3. The Balaban J connectivity index is 0.00000133. The molecular formula is C24H19F3N4O2S. The number of amides is 1. The minimum atomic E-state index is -4.40. The van der Waals surface area contributed by atoms with Crippen LogP contribution in [-0.4, -0.2) is 32.0 Å². The summed E-state index contributed by atoms with van der Waals surface area (Å²) in [4.78, 5) is 16.9. The Hall–Kier alpha value is -3.76. The fourth-order valence-electron chi connectivity index (χ4n) is 3.61. The normalized spacial score (nSPS) is 11.3. The zero-order valence-electron chi connectivity index (χ0n) is 17.9. The van der Waals surface area contributed by atoms with E-state index in [0.29, 0.717) is 23.4 Å². The maximum absolute atomic E-state index is 13.0. The van der Waals surface area contributed by atoms with E-state index in [-0.39, 0.29) is 5.91 Å². The summed E-state index contributed by atoms with van der Waals surface area (Å²) < 4.78 is 45.1. The number of fused-ring (bicyclic) bond motifs is 3. The Morgan fingerprint density at radius 2 is 1.82 bits per heavy atom. The molecular weight excluding hydrogens is 465 g/mol. The second-order valence-electron chi connectivity index (χ2n) is 7.17. The average molecular weight is 485 g/mol. The van der Waals surface area contributed by atoms with E-state index in [9.17, 15) is 18.0 Å². The van der Waals surface area contributed by atoms with Gasteiger partial charge in [-0.2, -0.15) is 17.5 Å². The average Bonchev–Trinajstić information content (AvgIpc) is 3.45. The number of carbonyl (C=O) groups excluding carboxylic acids is 1. The van der Waals surface area contributed by atoms with Gasteiger partial charge in [0.2, 0.25) is 0 Å². The second-order valence-corrected chi connectivity index (χ2v) is 7.80. The van der Waals surface area contributed by atoms with E-state index in [2.05, 4.69) is 14.7 Å². The highest BCUT2D eigenvalue weighted by atomic mass is 32.1. The van der Waals surface area contributed by atoms with Crippen LogP contribution >= 0.6 is 11.5 Å². The predicted octanol–water partition coefficient (Wildman–Crippen LogP) is 5.19. The summed E-state index contributed by atoms with van der Waals surface area (Å²) in [7, 11) is 1.00. The molecule has 0 bridgehead atoms. The van der Waals surface area contributed by atoms with Crippen LogP contribution < -0.4 is 5.32 Å². The number of hydrogen-bond donors (Lipinski definition) is 2. The molecule has 2 aromatic carbocycles. The number of aliphatic hydroxyl groups excluding tert-OH is 1. The Morgan fingerprint density at radius 3 is 2.50 bits per heavy atom. The van der Waals surface area contributed by atoms with Gasteiger partial charge < -0.3 is 10.4 Å². The minimum Gasteiger partial charge on any atom is -0.400 e. The molecule has 0 saturated carbocycles. The fraction of sp³-hybridized carbons (Fsp3) is 0.125. The summed E-state index contributed by atoms with van der Waals surface area (Å²) in [6, 6.07) is 15.7. The van der Waals surface area contributed by atoms with Gasteiger partial charge in [0.15, 0.2) is 5.65 Å². The SMILES string of the molecule is CO.O=C(NCc1ccccn1)c1ccc2c(c1)c1csnc1n2-c1ccc(C(F)(F)F)cc1. The molecule has 0 aliphatic rings. The zero-order chi connectivity index (χ0) is 24.3.